The molecule has 160 valence electrons. The summed E-state index contributed by atoms with van der Waals surface area (Å²) in [6, 6.07) is 10.1. The minimum atomic E-state index is -1.38. The van der Waals surface area contributed by atoms with Crippen molar-refractivity contribution in [3.05, 3.63) is 70.9 Å². The number of rotatable bonds is 5. The fourth-order valence-corrected chi connectivity index (χ4v) is 3.68. The SMILES string of the molecule is O=C(CC#Cc1ccc2[nH]cc(C[C@@H](C(=O)O)N3C(=O)c4ccccc4C3=O)c2c1)NO. The number of carboxylic acids is 1. The minimum absolute atomic E-state index is 0.0927. The van der Waals surface area contributed by atoms with Crippen LogP contribution in [0, 0.1) is 11.8 Å². The number of nitrogens with zero attached hydrogens (tertiary/aromatic N) is 1. The van der Waals surface area contributed by atoms with Crippen LogP contribution in [0.15, 0.2) is 48.7 Å². The lowest BCUT2D eigenvalue weighted by atomic mass is 10.0. The van der Waals surface area contributed by atoms with Gasteiger partial charge in [0.05, 0.1) is 17.5 Å². The molecule has 1 aliphatic heterocycles. The van der Waals surface area contributed by atoms with Gasteiger partial charge in [0.25, 0.3) is 17.7 Å². The fraction of sp³-hybridized carbons (Fsp3) is 0.130. The van der Waals surface area contributed by atoms with Gasteiger partial charge in [-0.15, -0.1) is 0 Å². The van der Waals surface area contributed by atoms with E-state index in [9.17, 15) is 24.3 Å². The summed E-state index contributed by atoms with van der Waals surface area (Å²) in [6.45, 7) is 0. The van der Waals surface area contributed by atoms with Crippen LogP contribution in [0.1, 0.15) is 38.3 Å². The smallest absolute Gasteiger partial charge is 0.327 e. The molecule has 0 spiro atoms. The van der Waals surface area contributed by atoms with Crippen molar-refractivity contribution in [2.45, 2.75) is 18.9 Å². The number of aliphatic carboxylic acids is 1. The summed E-state index contributed by atoms with van der Waals surface area (Å²) in [4.78, 5) is 52.5. The van der Waals surface area contributed by atoms with Crippen molar-refractivity contribution in [3.8, 4) is 11.8 Å². The Balaban J connectivity index is 1.64. The Morgan fingerprint density at radius 2 is 1.78 bits per heavy atom. The van der Waals surface area contributed by atoms with Crippen molar-refractivity contribution in [3.63, 3.8) is 0 Å². The molecule has 1 aliphatic rings. The number of imide groups is 1. The van der Waals surface area contributed by atoms with Gasteiger partial charge in [0.15, 0.2) is 0 Å². The monoisotopic (exact) mass is 431 g/mol. The molecule has 9 nitrogen and oxygen atoms in total. The van der Waals surface area contributed by atoms with Crippen LogP contribution in [0.3, 0.4) is 0 Å². The number of carboxylic acid groups (broad SMARTS) is 1. The number of nitrogens with one attached hydrogen (secondary N) is 2. The zero-order valence-electron chi connectivity index (χ0n) is 16.6. The van der Waals surface area contributed by atoms with Crippen molar-refractivity contribution in [1.82, 2.24) is 15.4 Å². The predicted octanol–water partition coefficient (Wildman–Crippen LogP) is 1.71. The van der Waals surface area contributed by atoms with E-state index in [2.05, 4.69) is 16.8 Å². The van der Waals surface area contributed by atoms with Crippen LogP contribution >= 0.6 is 0 Å². The third-order valence-corrected chi connectivity index (χ3v) is 5.21. The van der Waals surface area contributed by atoms with E-state index in [1.807, 2.05) is 0 Å². The van der Waals surface area contributed by atoms with E-state index in [0.29, 0.717) is 16.5 Å². The number of hydrogen-bond acceptors (Lipinski definition) is 5. The van der Waals surface area contributed by atoms with Crippen LogP contribution in [-0.2, 0) is 16.0 Å². The van der Waals surface area contributed by atoms with Gasteiger partial charge in [-0.05, 0) is 35.9 Å². The van der Waals surface area contributed by atoms with Crippen LogP contribution < -0.4 is 5.48 Å². The molecule has 3 aromatic rings. The molecule has 4 N–H and O–H groups in total. The van der Waals surface area contributed by atoms with Crippen LogP contribution in [0.2, 0.25) is 0 Å². The Kier molecular flexibility index (Phi) is 5.45. The van der Waals surface area contributed by atoms with Gasteiger partial charge < -0.3 is 10.1 Å². The van der Waals surface area contributed by atoms with Crippen molar-refractivity contribution in [1.29, 1.82) is 0 Å². The van der Waals surface area contributed by atoms with E-state index in [1.54, 1.807) is 36.5 Å². The maximum atomic E-state index is 12.8. The molecule has 2 heterocycles. The van der Waals surface area contributed by atoms with Crippen LogP contribution in [0.4, 0.5) is 0 Å². The molecule has 0 radical (unpaired) electrons. The highest BCUT2D eigenvalue weighted by molar-refractivity contribution is 6.22. The summed E-state index contributed by atoms with van der Waals surface area (Å²) >= 11 is 0. The molecule has 0 aliphatic carbocycles. The summed E-state index contributed by atoms with van der Waals surface area (Å²) < 4.78 is 0. The maximum absolute atomic E-state index is 12.8. The molecule has 1 aromatic heterocycles. The van der Waals surface area contributed by atoms with E-state index in [-0.39, 0.29) is 24.0 Å². The van der Waals surface area contributed by atoms with Crippen LogP contribution in [0.25, 0.3) is 10.9 Å². The number of H-pyrrole nitrogens is 1. The van der Waals surface area contributed by atoms with Crippen molar-refractivity contribution < 1.29 is 29.5 Å². The summed E-state index contributed by atoms with van der Waals surface area (Å²) in [5, 5.41) is 19.0. The average Bonchev–Trinajstić information content (AvgIpc) is 3.30. The molecule has 32 heavy (non-hydrogen) atoms. The first-order chi connectivity index (χ1) is 15.4. The molecule has 0 saturated heterocycles. The number of hydrogen-bond donors (Lipinski definition) is 4. The maximum Gasteiger partial charge on any atom is 0.327 e. The van der Waals surface area contributed by atoms with Crippen molar-refractivity contribution in [2.75, 3.05) is 0 Å². The predicted molar refractivity (Wildman–Crippen MR) is 112 cm³/mol. The number of carbonyl (C=O) groups is 4. The largest absolute Gasteiger partial charge is 0.480 e. The quantitative estimate of drug-likeness (QED) is 0.210. The first kappa shape index (κ1) is 20.8. The van der Waals surface area contributed by atoms with Gasteiger partial charge in [0.1, 0.15) is 6.04 Å². The first-order valence-electron chi connectivity index (χ1n) is 9.62. The number of aromatic amines is 1. The highest BCUT2D eigenvalue weighted by Crippen LogP contribution is 2.28. The summed E-state index contributed by atoms with van der Waals surface area (Å²) in [5.74, 6) is 2.25. The van der Waals surface area contributed by atoms with E-state index < -0.39 is 29.7 Å². The van der Waals surface area contributed by atoms with Crippen molar-refractivity contribution >= 4 is 34.6 Å². The summed E-state index contributed by atoms with van der Waals surface area (Å²) in [7, 11) is 0. The number of carbonyl (C=O) groups excluding carboxylic acids is 3. The van der Waals surface area contributed by atoms with Crippen molar-refractivity contribution in [2.24, 2.45) is 0 Å². The first-order valence-corrected chi connectivity index (χ1v) is 9.62. The molecule has 1 atom stereocenters. The molecule has 0 fully saturated rings. The molecule has 4 rings (SSSR count). The van der Waals surface area contributed by atoms with Gasteiger partial charge in [0, 0.05) is 29.1 Å². The highest BCUT2D eigenvalue weighted by atomic mass is 16.5. The second-order valence-corrected chi connectivity index (χ2v) is 7.17. The Morgan fingerprint density at radius 1 is 1.09 bits per heavy atom. The van der Waals surface area contributed by atoms with E-state index in [0.717, 1.165) is 10.4 Å². The second kappa shape index (κ2) is 8.37. The van der Waals surface area contributed by atoms with Gasteiger partial charge in [-0.3, -0.25) is 24.5 Å². The number of hydroxylamine groups is 1. The molecule has 0 saturated carbocycles. The molecule has 0 unspecified atom stereocenters. The summed E-state index contributed by atoms with van der Waals surface area (Å²) in [6.07, 6.45) is 1.36. The van der Waals surface area contributed by atoms with Gasteiger partial charge in [-0.2, -0.15) is 0 Å². The third-order valence-electron chi connectivity index (χ3n) is 5.21. The second-order valence-electron chi connectivity index (χ2n) is 7.17. The Hall–Kier alpha value is -4.42. The minimum Gasteiger partial charge on any atom is -0.480 e. The van der Waals surface area contributed by atoms with Gasteiger partial charge >= 0.3 is 5.97 Å². The molecular weight excluding hydrogens is 414 g/mol. The van der Waals surface area contributed by atoms with E-state index in [4.69, 9.17) is 5.21 Å². The zero-order valence-corrected chi connectivity index (χ0v) is 16.6. The number of benzene rings is 2. The van der Waals surface area contributed by atoms with Crippen LogP contribution in [-0.4, -0.2) is 49.9 Å². The Bertz CT molecular complexity index is 1300. The number of fused-ring (bicyclic) bond motifs is 2. The van der Waals surface area contributed by atoms with Gasteiger partial charge in [0.2, 0.25) is 0 Å². The number of aromatic nitrogens is 1. The molecule has 2 aromatic carbocycles. The lowest BCUT2D eigenvalue weighted by Gasteiger charge is -2.22. The topological polar surface area (TPSA) is 140 Å². The van der Waals surface area contributed by atoms with E-state index >= 15 is 0 Å². The number of amides is 3. The Morgan fingerprint density at radius 3 is 2.41 bits per heavy atom. The molecule has 3 amide bonds. The lowest BCUT2D eigenvalue weighted by molar-refractivity contribution is -0.141. The van der Waals surface area contributed by atoms with E-state index in [1.165, 1.54) is 17.6 Å². The highest BCUT2D eigenvalue weighted by Gasteiger charge is 2.42. The van der Waals surface area contributed by atoms with Gasteiger partial charge in [-0.25, -0.2) is 10.3 Å². The Labute approximate surface area is 181 Å². The fourth-order valence-electron chi connectivity index (χ4n) is 3.68. The lowest BCUT2D eigenvalue weighted by Crippen LogP contribution is -2.46. The zero-order chi connectivity index (χ0) is 22.8. The van der Waals surface area contributed by atoms with Gasteiger partial charge in [-0.1, -0.05) is 24.0 Å². The molecule has 0 bridgehead atoms. The molecule has 9 heteroatoms. The normalized spacial score (nSPS) is 13.5. The van der Waals surface area contributed by atoms with Crippen LogP contribution in [0.5, 0.6) is 0 Å². The standard InChI is InChI=1S/C23H17N3O6/c27-20(25-32)7-3-4-13-8-9-18-17(10-13)14(12-24-18)11-19(23(30)31)26-21(28)15-5-1-2-6-16(15)22(26)29/h1-2,5-6,8-10,12,19,24,32H,7,11H2,(H,25,27)(H,30,31)/t19-/m0/s1. The average molecular weight is 431 g/mol. The summed E-state index contributed by atoms with van der Waals surface area (Å²) in [5.41, 5.74) is 3.78. The molecular formula is C23H17N3O6. The third kappa shape index (κ3) is 3.71.